The molecule has 1 saturated heterocycles. The second-order valence-electron chi connectivity index (χ2n) is 7.14. The van der Waals surface area contributed by atoms with Crippen LogP contribution in [0.5, 0.6) is 0 Å². The van der Waals surface area contributed by atoms with E-state index < -0.39 is 0 Å². The molecule has 5 heteroatoms. The van der Waals surface area contributed by atoms with Crippen LogP contribution in [0.4, 0.5) is 11.6 Å². The molecule has 2 aromatic rings. The largest absolute Gasteiger partial charge is 0.324 e. The number of carbonyl (C=O) groups is 1. The number of hydrogen-bond donors (Lipinski definition) is 1. The molecule has 0 spiro atoms. The van der Waals surface area contributed by atoms with E-state index in [0.29, 0.717) is 11.6 Å². The maximum atomic E-state index is 12.9. The second-order valence-corrected chi connectivity index (χ2v) is 7.14. The Balaban J connectivity index is 1.79. The van der Waals surface area contributed by atoms with Crippen molar-refractivity contribution in [3.8, 4) is 0 Å². The quantitative estimate of drug-likeness (QED) is 0.870. The van der Waals surface area contributed by atoms with Crippen LogP contribution in [0, 0.1) is 0 Å². The van der Waals surface area contributed by atoms with Gasteiger partial charge in [-0.2, -0.15) is 0 Å². The zero-order chi connectivity index (χ0) is 17.2. The zero-order valence-electron chi connectivity index (χ0n) is 14.5. The van der Waals surface area contributed by atoms with Crippen molar-refractivity contribution in [1.82, 2.24) is 14.9 Å². The average molecular weight is 324 g/mol. The highest BCUT2D eigenvalue weighted by molar-refractivity contribution is 5.98. The van der Waals surface area contributed by atoms with Gasteiger partial charge in [-0.1, -0.05) is 18.2 Å². The van der Waals surface area contributed by atoms with E-state index in [9.17, 15) is 4.79 Å². The van der Waals surface area contributed by atoms with Gasteiger partial charge in [-0.25, -0.2) is 9.97 Å². The van der Waals surface area contributed by atoms with Gasteiger partial charge in [0.15, 0.2) is 5.78 Å². The van der Waals surface area contributed by atoms with Crippen LogP contribution in [-0.2, 0) is 0 Å². The van der Waals surface area contributed by atoms with Crippen molar-refractivity contribution in [2.75, 3.05) is 11.9 Å². The molecule has 1 aromatic heterocycles. The van der Waals surface area contributed by atoms with E-state index in [1.807, 2.05) is 30.3 Å². The summed E-state index contributed by atoms with van der Waals surface area (Å²) in [6.07, 6.45) is 3.58. The van der Waals surface area contributed by atoms with Crippen LogP contribution in [0.1, 0.15) is 44.1 Å². The van der Waals surface area contributed by atoms with Crippen LogP contribution in [0.25, 0.3) is 0 Å². The fourth-order valence-electron chi connectivity index (χ4n) is 3.22. The molecule has 2 heterocycles. The van der Waals surface area contributed by atoms with Crippen LogP contribution in [0.15, 0.2) is 42.6 Å². The topological polar surface area (TPSA) is 58.1 Å². The molecule has 1 aliphatic rings. The molecule has 0 aliphatic carbocycles. The Bertz CT molecular complexity index is 709. The monoisotopic (exact) mass is 324 g/mol. The summed E-state index contributed by atoms with van der Waals surface area (Å²) in [6, 6.07) is 11.3. The molecule has 3 rings (SSSR count). The lowest BCUT2D eigenvalue weighted by molar-refractivity contribution is 0.0716. The Kier molecular flexibility index (Phi) is 4.62. The van der Waals surface area contributed by atoms with Crippen molar-refractivity contribution in [1.29, 1.82) is 0 Å². The molecule has 1 N–H and O–H groups in total. The first kappa shape index (κ1) is 16.6. The molecule has 1 unspecified atom stereocenters. The number of benzene rings is 1. The summed E-state index contributed by atoms with van der Waals surface area (Å²) >= 11 is 0. The minimum Gasteiger partial charge on any atom is -0.324 e. The predicted octanol–water partition coefficient (Wildman–Crippen LogP) is 3.67. The number of aromatic nitrogens is 2. The van der Waals surface area contributed by atoms with E-state index in [0.717, 1.165) is 25.1 Å². The third-order valence-electron chi connectivity index (χ3n) is 4.36. The van der Waals surface area contributed by atoms with Crippen molar-refractivity contribution >= 4 is 17.4 Å². The van der Waals surface area contributed by atoms with Crippen LogP contribution in [-0.4, -0.2) is 38.8 Å². The van der Waals surface area contributed by atoms with Gasteiger partial charge in [-0.05, 0) is 58.4 Å². The van der Waals surface area contributed by atoms with Gasteiger partial charge >= 0.3 is 0 Å². The predicted molar refractivity (Wildman–Crippen MR) is 95.6 cm³/mol. The van der Waals surface area contributed by atoms with Crippen LogP contribution >= 0.6 is 0 Å². The standard InChI is InChI=1S/C19H24N4O/c1-19(2,3)23-13-7-10-16(23)17(24)15-11-12-20-18(22-15)21-14-8-5-4-6-9-14/h4-6,8-9,11-12,16H,7,10,13H2,1-3H3,(H,20,21,22). The number of ketones is 1. The minimum atomic E-state index is -0.0931. The van der Waals surface area contributed by atoms with Gasteiger partial charge in [0.1, 0.15) is 5.69 Å². The van der Waals surface area contributed by atoms with E-state index in [1.165, 1.54) is 0 Å². The van der Waals surface area contributed by atoms with E-state index in [4.69, 9.17) is 0 Å². The van der Waals surface area contributed by atoms with Crippen LogP contribution in [0.2, 0.25) is 0 Å². The molecule has 1 atom stereocenters. The van der Waals surface area contributed by atoms with Gasteiger partial charge in [-0.3, -0.25) is 9.69 Å². The number of carbonyl (C=O) groups excluding carboxylic acids is 1. The lowest BCUT2D eigenvalue weighted by Crippen LogP contribution is -2.48. The molecule has 0 amide bonds. The summed E-state index contributed by atoms with van der Waals surface area (Å²) < 4.78 is 0. The molecule has 24 heavy (non-hydrogen) atoms. The van der Waals surface area contributed by atoms with Crippen LogP contribution in [0.3, 0.4) is 0 Å². The Morgan fingerprint density at radius 2 is 1.96 bits per heavy atom. The Morgan fingerprint density at radius 3 is 2.67 bits per heavy atom. The van der Waals surface area contributed by atoms with E-state index in [1.54, 1.807) is 12.3 Å². The van der Waals surface area contributed by atoms with E-state index in [-0.39, 0.29) is 17.4 Å². The third-order valence-corrected chi connectivity index (χ3v) is 4.36. The Morgan fingerprint density at radius 1 is 1.21 bits per heavy atom. The highest BCUT2D eigenvalue weighted by Crippen LogP contribution is 2.28. The summed E-state index contributed by atoms with van der Waals surface area (Å²) in [7, 11) is 0. The van der Waals surface area contributed by atoms with Gasteiger partial charge in [-0.15, -0.1) is 0 Å². The van der Waals surface area contributed by atoms with E-state index in [2.05, 4.69) is 41.0 Å². The summed E-state index contributed by atoms with van der Waals surface area (Å²) in [6.45, 7) is 7.42. The maximum absolute atomic E-state index is 12.9. The first-order valence-corrected chi connectivity index (χ1v) is 8.41. The van der Waals surface area contributed by atoms with Gasteiger partial charge < -0.3 is 5.32 Å². The van der Waals surface area contributed by atoms with Crippen molar-refractivity contribution in [2.24, 2.45) is 0 Å². The fraction of sp³-hybridized carbons (Fsp3) is 0.421. The molecule has 0 radical (unpaired) electrons. The number of nitrogens with one attached hydrogen (secondary N) is 1. The van der Waals surface area contributed by atoms with Crippen molar-refractivity contribution in [2.45, 2.75) is 45.2 Å². The van der Waals surface area contributed by atoms with Crippen molar-refractivity contribution < 1.29 is 4.79 Å². The number of rotatable bonds is 4. The highest BCUT2D eigenvalue weighted by atomic mass is 16.1. The SMILES string of the molecule is CC(C)(C)N1CCCC1C(=O)c1ccnc(Nc2ccccc2)n1. The first-order valence-electron chi connectivity index (χ1n) is 8.41. The minimum absolute atomic E-state index is 0.0189. The molecule has 1 aliphatic heterocycles. The smallest absolute Gasteiger partial charge is 0.227 e. The van der Waals surface area contributed by atoms with Gasteiger partial charge in [0.05, 0.1) is 6.04 Å². The summed E-state index contributed by atoms with van der Waals surface area (Å²) in [5.41, 5.74) is 1.36. The van der Waals surface area contributed by atoms with E-state index >= 15 is 0 Å². The van der Waals surface area contributed by atoms with Gasteiger partial charge in [0.25, 0.3) is 0 Å². The number of hydrogen-bond acceptors (Lipinski definition) is 5. The first-order chi connectivity index (χ1) is 11.4. The second kappa shape index (κ2) is 6.69. The summed E-state index contributed by atoms with van der Waals surface area (Å²) in [4.78, 5) is 23.9. The zero-order valence-corrected chi connectivity index (χ0v) is 14.5. The Labute approximate surface area is 143 Å². The number of para-hydroxylation sites is 1. The number of Topliss-reactive ketones (excluding diaryl/α,β-unsaturated/α-hetero) is 1. The molecule has 0 saturated carbocycles. The third kappa shape index (κ3) is 3.62. The number of likely N-dealkylation sites (tertiary alicyclic amines) is 1. The summed E-state index contributed by atoms with van der Waals surface area (Å²) in [5, 5.41) is 3.14. The molecule has 1 fully saturated rings. The maximum Gasteiger partial charge on any atom is 0.227 e. The average Bonchev–Trinajstić information content (AvgIpc) is 3.05. The lowest BCUT2D eigenvalue weighted by Gasteiger charge is -2.36. The number of nitrogens with zero attached hydrogens (tertiary/aromatic N) is 3. The molecule has 0 bridgehead atoms. The van der Waals surface area contributed by atoms with Crippen molar-refractivity contribution in [3.63, 3.8) is 0 Å². The highest BCUT2D eigenvalue weighted by Gasteiger charge is 2.37. The van der Waals surface area contributed by atoms with Crippen molar-refractivity contribution in [3.05, 3.63) is 48.3 Å². The number of anilines is 2. The lowest BCUT2D eigenvalue weighted by atomic mass is 10.0. The van der Waals surface area contributed by atoms with Gasteiger partial charge in [0.2, 0.25) is 5.95 Å². The fourth-order valence-corrected chi connectivity index (χ4v) is 3.22. The van der Waals surface area contributed by atoms with Crippen LogP contribution < -0.4 is 5.32 Å². The Hall–Kier alpha value is -2.27. The molecule has 126 valence electrons. The molecule has 1 aromatic carbocycles. The molecular weight excluding hydrogens is 300 g/mol. The van der Waals surface area contributed by atoms with Gasteiger partial charge in [0, 0.05) is 17.4 Å². The normalized spacial score (nSPS) is 18.5. The molecular formula is C19H24N4O. The molecule has 5 nitrogen and oxygen atoms in total. The summed E-state index contributed by atoms with van der Waals surface area (Å²) in [5.74, 6) is 0.535.